The zero-order valence-electron chi connectivity index (χ0n) is 18.8. The number of aromatic nitrogens is 3. The molecule has 0 atom stereocenters. The largest absolute Gasteiger partial charge is 0.459 e. The van der Waals surface area contributed by atoms with Crippen LogP contribution in [0.4, 0.5) is 10.1 Å². The second kappa shape index (κ2) is 9.46. The number of hydrogen-bond acceptors (Lipinski definition) is 6. The van der Waals surface area contributed by atoms with Crippen LogP contribution in [0.5, 0.6) is 0 Å². The summed E-state index contributed by atoms with van der Waals surface area (Å²) in [5.74, 6) is -0.486. The first kappa shape index (κ1) is 23.0. The van der Waals surface area contributed by atoms with Gasteiger partial charge in [0.2, 0.25) is 0 Å². The lowest BCUT2D eigenvalue weighted by molar-refractivity contribution is 0.0995. The zero-order chi connectivity index (χ0) is 24.4. The molecule has 8 nitrogen and oxygen atoms in total. The Morgan fingerprint density at radius 3 is 2.71 bits per heavy atom. The number of hydrogen-bond donors (Lipinski definition) is 1. The van der Waals surface area contributed by atoms with Gasteiger partial charge in [-0.15, -0.1) is 10.2 Å². The summed E-state index contributed by atoms with van der Waals surface area (Å²) in [5, 5.41) is 11.1. The fraction of sp³-hybridized carbons (Fsp3) is 0.240. The number of rotatable bonds is 6. The van der Waals surface area contributed by atoms with Gasteiger partial charge in [0.1, 0.15) is 11.6 Å². The number of benzene rings is 2. The zero-order valence-corrected chi connectivity index (χ0v) is 19.6. The van der Waals surface area contributed by atoms with Crippen molar-refractivity contribution in [3.05, 3.63) is 83.8 Å². The Bertz CT molecular complexity index is 1480. The van der Waals surface area contributed by atoms with E-state index in [1.165, 1.54) is 36.6 Å². The van der Waals surface area contributed by atoms with Crippen molar-refractivity contribution in [1.82, 2.24) is 14.8 Å². The summed E-state index contributed by atoms with van der Waals surface area (Å²) >= 11 is 0. The molecule has 1 aliphatic rings. The minimum absolute atomic E-state index is 0.0632. The van der Waals surface area contributed by atoms with Crippen molar-refractivity contribution < 1.29 is 22.0 Å². The first-order chi connectivity index (χ1) is 16.9. The number of nitrogens with zero attached hydrogens (tertiary/aromatic N) is 3. The molecular weight excluding hydrogens is 471 g/mol. The van der Waals surface area contributed by atoms with Crippen LogP contribution in [0.1, 0.15) is 41.2 Å². The first-order valence-corrected chi connectivity index (χ1v) is 12.9. The van der Waals surface area contributed by atoms with E-state index in [1.807, 2.05) is 4.57 Å². The van der Waals surface area contributed by atoms with E-state index >= 15 is 0 Å². The molecule has 2 aromatic carbocycles. The molecule has 0 unspecified atom stereocenters. The molecule has 180 valence electrons. The summed E-state index contributed by atoms with van der Waals surface area (Å²) in [7, 11) is -3.70. The lowest BCUT2D eigenvalue weighted by atomic mass is 10.1. The third-order valence-corrected chi connectivity index (χ3v) is 7.66. The maximum absolute atomic E-state index is 14.6. The molecule has 3 heterocycles. The molecule has 2 aromatic heterocycles. The second-order valence-electron chi connectivity index (χ2n) is 8.40. The molecule has 5 rings (SSSR count). The fourth-order valence-electron chi connectivity index (χ4n) is 4.20. The Morgan fingerprint density at radius 2 is 1.89 bits per heavy atom. The van der Waals surface area contributed by atoms with E-state index in [0.717, 1.165) is 38.1 Å². The van der Waals surface area contributed by atoms with Gasteiger partial charge in [-0.1, -0.05) is 24.6 Å². The van der Waals surface area contributed by atoms with Gasteiger partial charge in [-0.2, -0.15) is 0 Å². The molecule has 4 aromatic rings. The number of carbonyl (C=O) groups is 1. The summed E-state index contributed by atoms with van der Waals surface area (Å²) in [6, 6.07) is 13.7. The summed E-state index contributed by atoms with van der Waals surface area (Å²) < 4.78 is 47.5. The van der Waals surface area contributed by atoms with Crippen LogP contribution in [0.25, 0.3) is 11.4 Å². The first-order valence-electron chi connectivity index (χ1n) is 11.3. The van der Waals surface area contributed by atoms with Gasteiger partial charge in [0.25, 0.3) is 5.91 Å². The van der Waals surface area contributed by atoms with Crippen LogP contribution in [-0.2, 0) is 28.6 Å². The van der Waals surface area contributed by atoms with Crippen LogP contribution in [0.2, 0.25) is 0 Å². The van der Waals surface area contributed by atoms with Crippen LogP contribution in [0, 0.1) is 5.82 Å². The van der Waals surface area contributed by atoms with Gasteiger partial charge < -0.3 is 14.3 Å². The highest BCUT2D eigenvalue weighted by Gasteiger charge is 2.24. The van der Waals surface area contributed by atoms with E-state index in [2.05, 4.69) is 15.5 Å². The summed E-state index contributed by atoms with van der Waals surface area (Å²) in [5.41, 5.74) is 0.742. The summed E-state index contributed by atoms with van der Waals surface area (Å²) in [6.45, 7) is 0.780. The number of furan rings is 1. The third-order valence-electron chi connectivity index (χ3n) is 5.98. The van der Waals surface area contributed by atoms with Crippen molar-refractivity contribution in [3.8, 4) is 11.4 Å². The number of amides is 1. The van der Waals surface area contributed by atoms with Crippen molar-refractivity contribution in [2.24, 2.45) is 0 Å². The van der Waals surface area contributed by atoms with Gasteiger partial charge in [-0.05, 0) is 49.2 Å². The number of fused-ring (bicyclic) bond motifs is 1. The van der Waals surface area contributed by atoms with Crippen molar-refractivity contribution in [3.63, 3.8) is 0 Å². The lowest BCUT2D eigenvalue weighted by Crippen LogP contribution is -2.15. The Labute approximate surface area is 201 Å². The number of halogens is 1. The molecule has 0 spiro atoms. The van der Waals surface area contributed by atoms with Gasteiger partial charge >= 0.3 is 0 Å². The van der Waals surface area contributed by atoms with Crippen LogP contribution in [-0.4, -0.2) is 29.1 Å². The second-order valence-corrected chi connectivity index (χ2v) is 10.4. The average molecular weight is 495 g/mol. The minimum Gasteiger partial charge on any atom is -0.459 e. The predicted octanol–water partition coefficient (Wildman–Crippen LogP) is 4.63. The van der Waals surface area contributed by atoms with Gasteiger partial charge in [0.15, 0.2) is 21.4 Å². The summed E-state index contributed by atoms with van der Waals surface area (Å²) in [4.78, 5) is 13.1. The fourth-order valence-corrected chi connectivity index (χ4v) is 5.58. The lowest BCUT2D eigenvalue weighted by Gasteiger charge is -2.10. The van der Waals surface area contributed by atoms with Crippen LogP contribution in [0.15, 0.2) is 70.2 Å². The molecule has 35 heavy (non-hydrogen) atoms. The van der Waals surface area contributed by atoms with Crippen LogP contribution >= 0.6 is 0 Å². The average Bonchev–Trinajstić information content (AvgIpc) is 3.41. The molecule has 1 N–H and O–H groups in total. The van der Waals surface area contributed by atoms with Gasteiger partial charge in [0.05, 0.1) is 22.6 Å². The number of nitrogens with one attached hydrogen (secondary N) is 1. The van der Waals surface area contributed by atoms with Crippen molar-refractivity contribution in [1.29, 1.82) is 0 Å². The molecule has 0 radical (unpaired) electrons. The normalized spacial score (nSPS) is 13.7. The van der Waals surface area contributed by atoms with Crippen molar-refractivity contribution in [2.45, 2.75) is 42.9 Å². The smallest absolute Gasteiger partial charge is 0.291 e. The Balaban J connectivity index is 1.39. The Hall–Kier alpha value is -3.79. The highest BCUT2D eigenvalue weighted by Crippen LogP contribution is 2.28. The SMILES string of the molecule is O=C(Nc1cc(-c2nnc3n2CCCCC3)ccc1F)c1occc1CS(=O)(=O)c1ccccc1. The summed E-state index contributed by atoms with van der Waals surface area (Å²) in [6.07, 6.45) is 5.25. The van der Waals surface area contributed by atoms with Gasteiger partial charge in [-0.25, -0.2) is 12.8 Å². The molecule has 1 aliphatic heterocycles. The van der Waals surface area contributed by atoms with Gasteiger partial charge in [-0.3, -0.25) is 4.79 Å². The minimum atomic E-state index is -3.70. The van der Waals surface area contributed by atoms with E-state index < -0.39 is 27.3 Å². The number of sulfone groups is 1. The maximum atomic E-state index is 14.6. The highest BCUT2D eigenvalue weighted by atomic mass is 32.2. The highest BCUT2D eigenvalue weighted by molar-refractivity contribution is 7.90. The number of anilines is 1. The van der Waals surface area contributed by atoms with Gasteiger partial charge in [0, 0.05) is 24.1 Å². The molecule has 1 amide bonds. The predicted molar refractivity (Wildman–Crippen MR) is 127 cm³/mol. The monoisotopic (exact) mass is 494 g/mol. The molecule has 0 bridgehead atoms. The molecule has 0 saturated carbocycles. The number of aryl methyl sites for hydroxylation is 1. The van der Waals surface area contributed by atoms with Crippen molar-refractivity contribution in [2.75, 3.05) is 5.32 Å². The van der Waals surface area contributed by atoms with E-state index in [0.29, 0.717) is 11.4 Å². The van der Waals surface area contributed by atoms with E-state index in [1.54, 1.807) is 24.3 Å². The Kier molecular flexibility index (Phi) is 6.21. The maximum Gasteiger partial charge on any atom is 0.291 e. The van der Waals surface area contributed by atoms with E-state index in [4.69, 9.17) is 4.42 Å². The molecular formula is C25H23FN4O4S. The topological polar surface area (TPSA) is 107 Å². The molecule has 0 fully saturated rings. The van der Waals surface area contributed by atoms with Crippen LogP contribution < -0.4 is 5.32 Å². The quantitative estimate of drug-likeness (QED) is 0.419. The van der Waals surface area contributed by atoms with Crippen molar-refractivity contribution >= 4 is 21.4 Å². The van der Waals surface area contributed by atoms with Crippen LogP contribution in [0.3, 0.4) is 0 Å². The molecule has 0 aliphatic carbocycles. The molecule has 0 saturated heterocycles. The van der Waals surface area contributed by atoms with E-state index in [-0.39, 0.29) is 21.9 Å². The standard InChI is InChI=1S/C25H23FN4O4S/c26-20-11-10-17(24-29-28-22-9-5-2-6-13-30(22)24)15-21(20)27-25(31)23-18(12-14-34-23)16-35(32,33)19-7-3-1-4-8-19/h1,3-4,7-8,10-12,14-15H,2,5-6,9,13,16H2,(H,27,31). The molecule has 10 heteroatoms. The third kappa shape index (κ3) is 4.74. The number of carbonyl (C=O) groups excluding carboxylic acids is 1. The Morgan fingerprint density at radius 1 is 1.06 bits per heavy atom. The van der Waals surface area contributed by atoms with E-state index in [9.17, 15) is 17.6 Å².